The molecule has 0 aromatic heterocycles. The Morgan fingerprint density at radius 3 is 2.39 bits per heavy atom. The standard InChI is InChI=1S/C16H16OS/c1-12-8-9-15(10-13(12)2)18-11-16(17)14-6-4-3-5-7-14/h3-10H,11H2,1-2H3. The highest BCUT2D eigenvalue weighted by Crippen LogP contribution is 2.22. The van der Waals surface area contributed by atoms with Gasteiger partial charge in [0.15, 0.2) is 5.78 Å². The van der Waals surface area contributed by atoms with Crippen LogP contribution in [0.25, 0.3) is 0 Å². The number of aryl methyl sites for hydroxylation is 2. The van der Waals surface area contributed by atoms with Crippen LogP contribution in [0, 0.1) is 13.8 Å². The first-order chi connectivity index (χ1) is 8.66. The van der Waals surface area contributed by atoms with Crippen molar-refractivity contribution >= 4 is 17.5 Å². The van der Waals surface area contributed by atoms with Crippen LogP contribution < -0.4 is 0 Å². The first-order valence-electron chi connectivity index (χ1n) is 5.95. The molecular weight excluding hydrogens is 240 g/mol. The van der Waals surface area contributed by atoms with Crippen LogP contribution in [0.2, 0.25) is 0 Å². The molecule has 0 aliphatic rings. The Morgan fingerprint density at radius 2 is 1.72 bits per heavy atom. The average molecular weight is 256 g/mol. The van der Waals surface area contributed by atoms with Crippen LogP contribution in [0.4, 0.5) is 0 Å². The van der Waals surface area contributed by atoms with E-state index in [0.29, 0.717) is 5.75 Å². The van der Waals surface area contributed by atoms with E-state index >= 15 is 0 Å². The summed E-state index contributed by atoms with van der Waals surface area (Å²) < 4.78 is 0. The van der Waals surface area contributed by atoms with E-state index in [1.165, 1.54) is 11.1 Å². The molecule has 0 unspecified atom stereocenters. The molecule has 0 fully saturated rings. The van der Waals surface area contributed by atoms with Crippen molar-refractivity contribution in [1.82, 2.24) is 0 Å². The highest BCUT2D eigenvalue weighted by Gasteiger charge is 2.06. The van der Waals surface area contributed by atoms with E-state index in [1.807, 2.05) is 30.3 Å². The molecule has 0 bridgehead atoms. The molecule has 2 heteroatoms. The van der Waals surface area contributed by atoms with Gasteiger partial charge in [-0.25, -0.2) is 0 Å². The first-order valence-corrected chi connectivity index (χ1v) is 6.93. The number of thioether (sulfide) groups is 1. The van der Waals surface area contributed by atoms with Gasteiger partial charge >= 0.3 is 0 Å². The van der Waals surface area contributed by atoms with Crippen LogP contribution in [0.3, 0.4) is 0 Å². The molecule has 2 aromatic rings. The van der Waals surface area contributed by atoms with Crippen molar-refractivity contribution in [2.45, 2.75) is 18.7 Å². The summed E-state index contributed by atoms with van der Waals surface area (Å²) in [7, 11) is 0. The Morgan fingerprint density at radius 1 is 1.00 bits per heavy atom. The van der Waals surface area contributed by atoms with Gasteiger partial charge < -0.3 is 0 Å². The van der Waals surface area contributed by atoms with Crippen LogP contribution in [-0.4, -0.2) is 11.5 Å². The van der Waals surface area contributed by atoms with Gasteiger partial charge in [0.05, 0.1) is 5.75 Å². The normalized spacial score (nSPS) is 10.3. The van der Waals surface area contributed by atoms with Gasteiger partial charge in [0, 0.05) is 10.5 Å². The van der Waals surface area contributed by atoms with E-state index in [9.17, 15) is 4.79 Å². The molecule has 0 aliphatic heterocycles. The number of carbonyl (C=O) groups excluding carboxylic acids is 1. The van der Waals surface area contributed by atoms with Crippen molar-refractivity contribution in [1.29, 1.82) is 0 Å². The maximum Gasteiger partial charge on any atom is 0.173 e. The molecule has 0 aliphatic carbocycles. The molecule has 0 saturated carbocycles. The van der Waals surface area contributed by atoms with Crippen LogP contribution in [0.5, 0.6) is 0 Å². The van der Waals surface area contributed by atoms with E-state index in [-0.39, 0.29) is 5.78 Å². The quantitative estimate of drug-likeness (QED) is 0.600. The second-order valence-corrected chi connectivity index (χ2v) is 5.37. The van der Waals surface area contributed by atoms with Crippen molar-refractivity contribution < 1.29 is 4.79 Å². The molecule has 2 rings (SSSR count). The molecule has 18 heavy (non-hydrogen) atoms. The monoisotopic (exact) mass is 256 g/mol. The minimum Gasteiger partial charge on any atom is -0.293 e. The van der Waals surface area contributed by atoms with E-state index in [0.717, 1.165) is 10.5 Å². The summed E-state index contributed by atoms with van der Waals surface area (Å²) in [6, 6.07) is 15.8. The average Bonchev–Trinajstić information content (AvgIpc) is 2.41. The molecule has 0 atom stereocenters. The van der Waals surface area contributed by atoms with E-state index in [4.69, 9.17) is 0 Å². The topological polar surface area (TPSA) is 17.1 Å². The van der Waals surface area contributed by atoms with Gasteiger partial charge in [-0.05, 0) is 37.1 Å². The van der Waals surface area contributed by atoms with Crippen molar-refractivity contribution in [3.63, 3.8) is 0 Å². The highest BCUT2D eigenvalue weighted by molar-refractivity contribution is 8.00. The van der Waals surface area contributed by atoms with Crippen molar-refractivity contribution in [2.24, 2.45) is 0 Å². The predicted molar refractivity (Wildman–Crippen MR) is 77.4 cm³/mol. The number of hydrogen-bond acceptors (Lipinski definition) is 2. The zero-order chi connectivity index (χ0) is 13.0. The lowest BCUT2D eigenvalue weighted by Crippen LogP contribution is -2.01. The Bertz CT molecular complexity index is 546. The van der Waals surface area contributed by atoms with Gasteiger partial charge in [0.2, 0.25) is 0 Å². The van der Waals surface area contributed by atoms with Crippen molar-refractivity contribution in [2.75, 3.05) is 5.75 Å². The number of Topliss-reactive ketones (excluding diaryl/α,β-unsaturated/α-hetero) is 1. The second kappa shape index (κ2) is 5.87. The maximum atomic E-state index is 11.9. The van der Waals surface area contributed by atoms with E-state index in [1.54, 1.807) is 11.8 Å². The fraction of sp³-hybridized carbons (Fsp3) is 0.188. The molecule has 92 valence electrons. The zero-order valence-electron chi connectivity index (χ0n) is 10.6. The summed E-state index contributed by atoms with van der Waals surface area (Å²) in [5.74, 6) is 0.672. The highest BCUT2D eigenvalue weighted by atomic mass is 32.2. The first kappa shape index (κ1) is 12.9. The molecule has 2 aromatic carbocycles. The Kier molecular flexibility index (Phi) is 4.21. The molecular formula is C16H16OS. The molecule has 0 spiro atoms. The third kappa shape index (κ3) is 3.23. The molecule has 1 nitrogen and oxygen atoms in total. The summed E-state index contributed by atoms with van der Waals surface area (Å²) in [4.78, 5) is 13.1. The lowest BCUT2D eigenvalue weighted by Gasteiger charge is -2.05. The lowest BCUT2D eigenvalue weighted by molar-refractivity contribution is 0.102. The fourth-order valence-corrected chi connectivity index (χ4v) is 2.55. The Labute approximate surface area is 112 Å². The van der Waals surface area contributed by atoms with Crippen LogP contribution in [-0.2, 0) is 0 Å². The molecule has 0 heterocycles. The van der Waals surface area contributed by atoms with Gasteiger partial charge in [-0.2, -0.15) is 0 Å². The van der Waals surface area contributed by atoms with E-state index in [2.05, 4.69) is 32.0 Å². The summed E-state index contributed by atoms with van der Waals surface area (Å²) in [5.41, 5.74) is 3.34. The maximum absolute atomic E-state index is 11.9. The smallest absolute Gasteiger partial charge is 0.173 e. The largest absolute Gasteiger partial charge is 0.293 e. The van der Waals surface area contributed by atoms with Gasteiger partial charge in [-0.1, -0.05) is 36.4 Å². The minimum absolute atomic E-state index is 0.179. The Hall–Kier alpha value is -1.54. The third-order valence-corrected chi connectivity index (χ3v) is 3.94. The van der Waals surface area contributed by atoms with Gasteiger partial charge in [-0.15, -0.1) is 11.8 Å². The van der Waals surface area contributed by atoms with Gasteiger partial charge in [0.1, 0.15) is 0 Å². The van der Waals surface area contributed by atoms with E-state index < -0.39 is 0 Å². The molecule has 0 N–H and O–H groups in total. The molecule has 0 radical (unpaired) electrons. The predicted octanol–water partition coefficient (Wildman–Crippen LogP) is 4.28. The van der Waals surface area contributed by atoms with Crippen LogP contribution in [0.1, 0.15) is 21.5 Å². The minimum atomic E-state index is 0.179. The fourth-order valence-electron chi connectivity index (χ4n) is 1.66. The number of ketones is 1. The van der Waals surface area contributed by atoms with Crippen LogP contribution >= 0.6 is 11.8 Å². The zero-order valence-corrected chi connectivity index (χ0v) is 11.5. The van der Waals surface area contributed by atoms with Crippen molar-refractivity contribution in [3.05, 3.63) is 65.2 Å². The Balaban J connectivity index is 1.99. The van der Waals surface area contributed by atoms with Gasteiger partial charge in [-0.3, -0.25) is 4.79 Å². The summed E-state index contributed by atoms with van der Waals surface area (Å²) >= 11 is 1.60. The second-order valence-electron chi connectivity index (χ2n) is 4.32. The molecule has 0 amide bonds. The summed E-state index contributed by atoms with van der Waals surface area (Å²) in [6.07, 6.45) is 0. The number of hydrogen-bond donors (Lipinski definition) is 0. The lowest BCUT2D eigenvalue weighted by atomic mass is 10.1. The molecule has 0 saturated heterocycles. The third-order valence-electron chi connectivity index (χ3n) is 2.94. The van der Waals surface area contributed by atoms with Crippen molar-refractivity contribution in [3.8, 4) is 0 Å². The van der Waals surface area contributed by atoms with Crippen LogP contribution in [0.15, 0.2) is 53.4 Å². The van der Waals surface area contributed by atoms with Gasteiger partial charge in [0.25, 0.3) is 0 Å². The number of benzene rings is 2. The number of rotatable bonds is 4. The number of carbonyl (C=O) groups is 1. The summed E-state index contributed by atoms with van der Waals surface area (Å²) in [5, 5.41) is 0. The SMILES string of the molecule is Cc1ccc(SCC(=O)c2ccccc2)cc1C. The summed E-state index contributed by atoms with van der Waals surface area (Å²) in [6.45, 7) is 4.19.